The minimum absolute atomic E-state index is 0.00211. The van der Waals surface area contributed by atoms with Crippen molar-refractivity contribution in [3.05, 3.63) is 35.9 Å². The smallest absolute Gasteiger partial charge is 0.384 e. The Bertz CT molecular complexity index is 942. The molecular weight excluding hydrogens is 339 g/mol. The third kappa shape index (κ3) is 3.12. The molecule has 3 aromatic heterocycles. The van der Waals surface area contributed by atoms with E-state index in [1.165, 1.54) is 23.0 Å². The van der Waals surface area contributed by atoms with Gasteiger partial charge in [0.25, 0.3) is 5.91 Å². The SMILES string of the molecule is CC(C)n1cc(NC(=O)c2cnn3ccc(N)nc23)c(C(F)(F)F)n1. The van der Waals surface area contributed by atoms with Gasteiger partial charge in [-0.25, -0.2) is 9.50 Å². The van der Waals surface area contributed by atoms with Gasteiger partial charge in [-0.2, -0.15) is 23.4 Å². The highest BCUT2D eigenvalue weighted by atomic mass is 19.4. The third-order valence-corrected chi connectivity index (χ3v) is 3.41. The van der Waals surface area contributed by atoms with Crippen molar-refractivity contribution in [2.24, 2.45) is 0 Å². The second kappa shape index (κ2) is 5.76. The molecule has 11 heteroatoms. The fraction of sp³-hybridized carbons (Fsp3) is 0.286. The molecule has 0 saturated heterocycles. The van der Waals surface area contributed by atoms with Crippen molar-refractivity contribution in [2.45, 2.75) is 26.1 Å². The molecule has 0 aromatic carbocycles. The van der Waals surface area contributed by atoms with Crippen molar-refractivity contribution < 1.29 is 18.0 Å². The number of hydrogen-bond donors (Lipinski definition) is 2. The van der Waals surface area contributed by atoms with Crippen molar-refractivity contribution in [3.63, 3.8) is 0 Å². The van der Waals surface area contributed by atoms with E-state index in [0.717, 1.165) is 10.9 Å². The number of nitrogen functional groups attached to an aromatic ring is 1. The number of aromatic nitrogens is 5. The van der Waals surface area contributed by atoms with E-state index in [2.05, 4.69) is 20.5 Å². The topological polar surface area (TPSA) is 103 Å². The third-order valence-electron chi connectivity index (χ3n) is 3.41. The molecule has 0 radical (unpaired) electrons. The number of hydrogen-bond acceptors (Lipinski definition) is 5. The van der Waals surface area contributed by atoms with Gasteiger partial charge in [-0.15, -0.1) is 0 Å². The van der Waals surface area contributed by atoms with Crippen LogP contribution < -0.4 is 11.1 Å². The van der Waals surface area contributed by atoms with E-state index >= 15 is 0 Å². The van der Waals surface area contributed by atoms with Crippen LogP contribution in [0.3, 0.4) is 0 Å². The molecule has 0 saturated carbocycles. The predicted octanol–water partition coefficient (Wildman–Crippen LogP) is 2.36. The highest BCUT2D eigenvalue weighted by Crippen LogP contribution is 2.34. The van der Waals surface area contributed by atoms with Gasteiger partial charge in [0.05, 0.1) is 11.9 Å². The first kappa shape index (κ1) is 16.7. The second-order valence-corrected chi connectivity index (χ2v) is 5.60. The Hall–Kier alpha value is -3.11. The van der Waals surface area contributed by atoms with Crippen LogP contribution in [0.15, 0.2) is 24.7 Å². The Morgan fingerprint density at radius 1 is 1.36 bits per heavy atom. The van der Waals surface area contributed by atoms with Crippen LogP contribution in [-0.4, -0.2) is 30.3 Å². The van der Waals surface area contributed by atoms with Crippen LogP contribution in [0.4, 0.5) is 24.7 Å². The van der Waals surface area contributed by atoms with Crippen LogP contribution in [0.1, 0.15) is 35.9 Å². The number of rotatable bonds is 3. The van der Waals surface area contributed by atoms with E-state index in [9.17, 15) is 18.0 Å². The molecule has 0 aliphatic rings. The van der Waals surface area contributed by atoms with Gasteiger partial charge in [0.1, 0.15) is 11.4 Å². The fourth-order valence-corrected chi connectivity index (χ4v) is 2.19. The highest BCUT2D eigenvalue weighted by molar-refractivity contribution is 6.08. The van der Waals surface area contributed by atoms with Crippen LogP contribution in [0, 0.1) is 0 Å². The summed E-state index contributed by atoms with van der Waals surface area (Å²) in [4.78, 5) is 16.4. The van der Waals surface area contributed by atoms with Crippen LogP contribution >= 0.6 is 0 Å². The maximum absolute atomic E-state index is 13.2. The number of alkyl halides is 3. The Balaban J connectivity index is 1.98. The molecule has 132 valence electrons. The average Bonchev–Trinajstić information content (AvgIpc) is 3.10. The Kier molecular flexibility index (Phi) is 3.85. The molecule has 0 unspecified atom stereocenters. The number of fused-ring (bicyclic) bond motifs is 1. The van der Waals surface area contributed by atoms with E-state index in [0.29, 0.717) is 0 Å². The minimum Gasteiger partial charge on any atom is -0.384 e. The van der Waals surface area contributed by atoms with Crippen LogP contribution in [0.25, 0.3) is 5.65 Å². The summed E-state index contributed by atoms with van der Waals surface area (Å²) < 4.78 is 41.9. The van der Waals surface area contributed by atoms with Crippen molar-refractivity contribution in [2.75, 3.05) is 11.1 Å². The van der Waals surface area contributed by atoms with Crippen molar-refractivity contribution >= 4 is 23.1 Å². The lowest BCUT2D eigenvalue weighted by Crippen LogP contribution is -2.16. The normalized spacial score (nSPS) is 12.1. The summed E-state index contributed by atoms with van der Waals surface area (Å²) in [6.45, 7) is 3.35. The van der Waals surface area contributed by atoms with Gasteiger partial charge in [-0.3, -0.25) is 9.48 Å². The highest BCUT2D eigenvalue weighted by Gasteiger charge is 2.38. The lowest BCUT2D eigenvalue weighted by atomic mass is 10.3. The molecule has 0 bridgehead atoms. The standard InChI is InChI=1S/C14H14F3N7O/c1-7(2)24-6-9(11(22-24)14(15,16)17)20-13(25)8-5-19-23-4-3-10(18)21-12(8)23/h3-7H,1-2H3,(H2,18,21)(H,20,25). The number of carbonyl (C=O) groups excluding carboxylic acids is 1. The Morgan fingerprint density at radius 3 is 2.72 bits per heavy atom. The largest absolute Gasteiger partial charge is 0.437 e. The van der Waals surface area contributed by atoms with Crippen molar-refractivity contribution in [3.8, 4) is 0 Å². The molecular formula is C14H14F3N7O. The summed E-state index contributed by atoms with van der Waals surface area (Å²) >= 11 is 0. The van der Waals surface area contributed by atoms with Gasteiger partial charge in [0.2, 0.25) is 0 Å². The molecule has 0 fully saturated rings. The van der Waals surface area contributed by atoms with Gasteiger partial charge in [0, 0.05) is 18.4 Å². The summed E-state index contributed by atoms with van der Waals surface area (Å²) in [5.74, 6) is -0.632. The molecule has 3 aromatic rings. The molecule has 3 heterocycles. The molecule has 0 aliphatic heterocycles. The van der Waals surface area contributed by atoms with E-state index in [1.807, 2.05) is 0 Å². The molecule has 8 nitrogen and oxygen atoms in total. The monoisotopic (exact) mass is 353 g/mol. The average molecular weight is 353 g/mol. The zero-order valence-electron chi connectivity index (χ0n) is 13.2. The van der Waals surface area contributed by atoms with Gasteiger partial charge in [-0.05, 0) is 19.9 Å². The summed E-state index contributed by atoms with van der Waals surface area (Å²) in [5, 5.41) is 9.66. The van der Waals surface area contributed by atoms with Crippen LogP contribution in [0.5, 0.6) is 0 Å². The number of anilines is 2. The van der Waals surface area contributed by atoms with Gasteiger partial charge in [0.15, 0.2) is 11.3 Å². The second-order valence-electron chi connectivity index (χ2n) is 5.60. The van der Waals surface area contributed by atoms with Crippen molar-refractivity contribution in [1.82, 2.24) is 24.4 Å². The first-order valence-corrected chi connectivity index (χ1v) is 7.24. The number of nitrogens with zero attached hydrogens (tertiary/aromatic N) is 5. The van der Waals surface area contributed by atoms with E-state index in [-0.39, 0.29) is 23.1 Å². The van der Waals surface area contributed by atoms with Crippen LogP contribution in [-0.2, 0) is 6.18 Å². The Morgan fingerprint density at radius 2 is 2.08 bits per heavy atom. The number of nitrogens with two attached hydrogens (primary N) is 1. The fourth-order valence-electron chi connectivity index (χ4n) is 2.19. The first-order valence-electron chi connectivity index (χ1n) is 7.24. The van der Waals surface area contributed by atoms with Crippen LogP contribution in [0.2, 0.25) is 0 Å². The van der Waals surface area contributed by atoms with Crippen molar-refractivity contribution in [1.29, 1.82) is 0 Å². The minimum atomic E-state index is -4.70. The maximum Gasteiger partial charge on any atom is 0.437 e. The summed E-state index contributed by atoms with van der Waals surface area (Å²) in [6.07, 6.45) is -0.866. The quantitative estimate of drug-likeness (QED) is 0.752. The van der Waals surface area contributed by atoms with Gasteiger partial charge < -0.3 is 11.1 Å². The number of nitrogens with one attached hydrogen (secondary N) is 1. The van der Waals surface area contributed by atoms with Gasteiger partial charge >= 0.3 is 6.18 Å². The molecule has 0 atom stereocenters. The summed E-state index contributed by atoms with van der Waals surface area (Å²) in [6, 6.07) is 1.18. The number of halogens is 3. The maximum atomic E-state index is 13.2. The molecule has 3 N–H and O–H groups in total. The Labute approximate surface area is 139 Å². The summed E-state index contributed by atoms with van der Waals surface area (Å²) in [7, 11) is 0. The molecule has 25 heavy (non-hydrogen) atoms. The molecule has 0 spiro atoms. The van der Waals surface area contributed by atoms with Gasteiger partial charge in [-0.1, -0.05) is 0 Å². The zero-order valence-corrected chi connectivity index (χ0v) is 13.2. The molecule has 0 aliphatic carbocycles. The zero-order chi connectivity index (χ0) is 18.4. The van der Waals surface area contributed by atoms with E-state index < -0.39 is 23.5 Å². The van der Waals surface area contributed by atoms with E-state index in [1.54, 1.807) is 13.8 Å². The predicted molar refractivity (Wildman–Crippen MR) is 83.0 cm³/mol. The molecule has 3 rings (SSSR count). The lowest BCUT2D eigenvalue weighted by Gasteiger charge is -2.07. The van der Waals surface area contributed by atoms with E-state index in [4.69, 9.17) is 5.73 Å². The number of carbonyl (C=O) groups is 1. The summed E-state index contributed by atoms with van der Waals surface area (Å²) in [5.41, 5.74) is 4.11. The lowest BCUT2D eigenvalue weighted by molar-refractivity contribution is -0.140. The molecule has 1 amide bonds. The number of amides is 1. The first-order chi connectivity index (χ1) is 11.7.